The van der Waals surface area contributed by atoms with Crippen molar-refractivity contribution in [3.63, 3.8) is 0 Å². The number of hydrogen-bond donors (Lipinski definition) is 2. The lowest BCUT2D eigenvalue weighted by Gasteiger charge is -2.42. The third-order valence-corrected chi connectivity index (χ3v) is 5.81. The maximum Gasteiger partial charge on any atom is 0.407 e. The fraction of sp³-hybridized carbons (Fsp3) is 0.889. The third kappa shape index (κ3) is 4.79. The van der Waals surface area contributed by atoms with E-state index in [4.69, 9.17) is 14.2 Å². The minimum absolute atomic E-state index is 0.0287. The molecule has 8 heteroatoms. The molecule has 0 aromatic carbocycles. The minimum atomic E-state index is -0.431. The van der Waals surface area contributed by atoms with Crippen LogP contribution in [0.1, 0.15) is 44.9 Å². The van der Waals surface area contributed by atoms with Gasteiger partial charge in [-0.1, -0.05) is 0 Å². The fourth-order valence-electron chi connectivity index (χ4n) is 3.83. The van der Waals surface area contributed by atoms with E-state index in [9.17, 15) is 9.59 Å². The summed E-state index contributed by atoms with van der Waals surface area (Å²) in [5.74, 6) is 0. The predicted molar refractivity (Wildman–Crippen MR) is 95.0 cm³/mol. The van der Waals surface area contributed by atoms with Crippen LogP contribution in [-0.2, 0) is 14.2 Å². The molecule has 1 aliphatic carbocycles. The molecule has 8 nitrogen and oxygen atoms in total. The molecule has 0 spiro atoms. The molecule has 2 aliphatic heterocycles. The molecular formula is C18H31N3O5. The number of piperidine rings is 1. The van der Waals surface area contributed by atoms with E-state index in [0.29, 0.717) is 26.3 Å². The van der Waals surface area contributed by atoms with Gasteiger partial charge in [-0.15, -0.1) is 0 Å². The summed E-state index contributed by atoms with van der Waals surface area (Å²) in [5.41, 5.74) is -0.194. The molecule has 3 fully saturated rings. The Bertz CT molecular complexity index is 486. The van der Waals surface area contributed by atoms with E-state index in [1.807, 2.05) is 0 Å². The number of urea groups is 1. The molecule has 2 heterocycles. The average molecular weight is 369 g/mol. The van der Waals surface area contributed by atoms with Crippen LogP contribution in [0.3, 0.4) is 0 Å². The molecule has 0 bridgehead atoms. The average Bonchev–Trinajstić information content (AvgIpc) is 3.12. The van der Waals surface area contributed by atoms with Gasteiger partial charge >= 0.3 is 12.1 Å². The Morgan fingerprint density at radius 2 is 2.08 bits per heavy atom. The highest BCUT2D eigenvalue weighted by atomic mass is 16.6. The minimum Gasteiger partial charge on any atom is -0.447 e. The second kappa shape index (κ2) is 8.90. The Labute approximate surface area is 154 Å². The van der Waals surface area contributed by atoms with E-state index in [-0.39, 0.29) is 30.3 Å². The Balaban J connectivity index is 1.44. The van der Waals surface area contributed by atoms with Gasteiger partial charge in [-0.2, -0.15) is 0 Å². The number of hydrogen-bond acceptors (Lipinski definition) is 5. The van der Waals surface area contributed by atoms with Gasteiger partial charge in [0.05, 0.1) is 24.3 Å². The summed E-state index contributed by atoms with van der Waals surface area (Å²) in [7, 11) is 1.71. The Hall–Kier alpha value is -1.54. The summed E-state index contributed by atoms with van der Waals surface area (Å²) in [6.07, 6.45) is 6.37. The van der Waals surface area contributed by atoms with Crippen LogP contribution >= 0.6 is 0 Å². The Morgan fingerprint density at radius 3 is 2.73 bits per heavy atom. The quantitative estimate of drug-likeness (QED) is 0.743. The molecule has 2 atom stereocenters. The van der Waals surface area contributed by atoms with Gasteiger partial charge in [0.25, 0.3) is 0 Å². The highest BCUT2D eigenvalue weighted by molar-refractivity contribution is 5.75. The van der Waals surface area contributed by atoms with E-state index in [1.165, 1.54) is 0 Å². The molecule has 1 saturated carbocycles. The van der Waals surface area contributed by atoms with Gasteiger partial charge in [0.15, 0.2) is 0 Å². The van der Waals surface area contributed by atoms with Gasteiger partial charge in [0.2, 0.25) is 0 Å². The van der Waals surface area contributed by atoms with Gasteiger partial charge in [-0.05, 0) is 44.9 Å². The normalized spacial score (nSPS) is 27.5. The number of rotatable bonds is 6. The van der Waals surface area contributed by atoms with Crippen LogP contribution in [-0.4, -0.2) is 74.7 Å². The molecule has 148 valence electrons. The van der Waals surface area contributed by atoms with Crippen molar-refractivity contribution in [2.75, 3.05) is 40.0 Å². The molecule has 3 amide bonds. The van der Waals surface area contributed by atoms with Gasteiger partial charge < -0.3 is 29.7 Å². The summed E-state index contributed by atoms with van der Waals surface area (Å²) in [4.78, 5) is 26.4. The smallest absolute Gasteiger partial charge is 0.407 e. The van der Waals surface area contributed by atoms with Crippen LogP contribution in [0.25, 0.3) is 0 Å². The van der Waals surface area contributed by atoms with E-state index >= 15 is 0 Å². The first kappa shape index (κ1) is 19.2. The number of carbonyl (C=O) groups is 2. The SMILES string of the molecule is COC1(CNC(=O)N2CCCC[C@@H]2COC(=O)N[C@H]2CCOC2)CCC1. The van der Waals surface area contributed by atoms with E-state index in [0.717, 1.165) is 44.9 Å². The van der Waals surface area contributed by atoms with Crippen molar-refractivity contribution in [2.24, 2.45) is 0 Å². The molecule has 0 unspecified atom stereocenters. The summed E-state index contributed by atoms with van der Waals surface area (Å²) in [5, 5.41) is 5.82. The van der Waals surface area contributed by atoms with Crippen molar-refractivity contribution in [3.8, 4) is 0 Å². The highest BCUT2D eigenvalue weighted by Gasteiger charge is 2.38. The summed E-state index contributed by atoms with van der Waals surface area (Å²) >= 11 is 0. The molecule has 0 aromatic rings. The number of carbonyl (C=O) groups excluding carboxylic acids is 2. The van der Waals surface area contributed by atoms with Crippen molar-refractivity contribution < 1.29 is 23.8 Å². The van der Waals surface area contributed by atoms with Crippen molar-refractivity contribution in [2.45, 2.75) is 62.6 Å². The number of ether oxygens (including phenoxy) is 3. The second-order valence-corrected chi connectivity index (χ2v) is 7.55. The second-order valence-electron chi connectivity index (χ2n) is 7.55. The van der Waals surface area contributed by atoms with E-state index < -0.39 is 6.09 Å². The summed E-state index contributed by atoms with van der Waals surface area (Å²) < 4.78 is 16.2. The lowest BCUT2D eigenvalue weighted by Crippen LogP contribution is -2.55. The Morgan fingerprint density at radius 1 is 1.23 bits per heavy atom. The van der Waals surface area contributed by atoms with Crippen LogP contribution in [0.5, 0.6) is 0 Å². The van der Waals surface area contributed by atoms with E-state index in [1.54, 1.807) is 12.0 Å². The third-order valence-electron chi connectivity index (χ3n) is 5.81. The van der Waals surface area contributed by atoms with E-state index in [2.05, 4.69) is 10.6 Å². The number of methoxy groups -OCH3 is 1. The van der Waals surface area contributed by atoms with Crippen molar-refractivity contribution in [1.29, 1.82) is 0 Å². The van der Waals surface area contributed by atoms with Crippen LogP contribution in [0.2, 0.25) is 0 Å². The molecule has 3 aliphatic rings. The zero-order valence-electron chi connectivity index (χ0n) is 15.6. The number of likely N-dealkylation sites (tertiary alicyclic amines) is 1. The molecule has 0 radical (unpaired) electrons. The van der Waals surface area contributed by atoms with Gasteiger partial charge in [-0.3, -0.25) is 0 Å². The van der Waals surface area contributed by atoms with Crippen molar-refractivity contribution in [3.05, 3.63) is 0 Å². The maximum absolute atomic E-state index is 12.6. The molecule has 2 saturated heterocycles. The molecule has 2 N–H and O–H groups in total. The monoisotopic (exact) mass is 369 g/mol. The highest BCUT2D eigenvalue weighted by Crippen LogP contribution is 2.34. The van der Waals surface area contributed by atoms with Gasteiger partial charge in [0, 0.05) is 26.8 Å². The van der Waals surface area contributed by atoms with Crippen LogP contribution < -0.4 is 10.6 Å². The van der Waals surface area contributed by atoms with Gasteiger partial charge in [-0.25, -0.2) is 9.59 Å². The maximum atomic E-state index is 12.6. The first-order valence-electron chi connectivity index (χ1n) is 9.72. The lowest BCUT2D eigenvalue weighted by atomic mass is 9.80. The first-order chi connectivity index (χ1) is 12.6. The number of nitrogens with one attached hydrogen (secondary N) is 2. The first-order valence-corrected chi connectivity index (χ1v) is 9.72. The molecule has 26 heavy (non-hydrogen) atoms. The zero-order valence-corrected chi connectivity index (χ0v) is 15.6. The Kier molecular flexibility index (Phi) is 6.58. The fourth-order valence-corrected chi connectivity index (χ4v) is 3.83. The lowest BCUT2D eigenvalue weighted by molar-refractivity contribution is -0.0682. The zero-order chi connectivity index (χ0) is 18.4. The topological polar surface area (TPSA) is 89.1 Å². The number of nitrogens with zero attached hydrogens (tertiary/aromatic N) is 1. The number of amides is 3. The standard InChI is InChI=1S/C18H31N3O5/c1-24-18(7-4-8-18)13-19-16(22)21-9-3-2-5-15(21)12-26-17(23)20-14-6-10-25-11-14/h14-15H,2-13H2,1H3,(H,19,22)(H,20,23)/t14-,15+/m0/s1. The summed E-state index contributed by atoms with van der Waals surface area (Å²) in [6.45, 7) is 2.66. The largest absolute Gasteiger partial charge is 0.447 e. The predicted octanol–water partition coefficient (Wildman–Crippen LogP) is 1.63. The van der Waals surface area contributed by atoms with Gasteiger partial charge in [0.1, 0.15) is 6.61 Å². The van der Waals surface area contributed by atoms with Crippen molar-refractivity contribution >= 4 is 12.1 Å². The molecular weight excluding hydrogens is 338 g/mol. The molecule has 3 rings (SSSR count). The molecule has 0 aromatic heterocycles. The van der Waals surface area contributed by atoms with Crippen molar-refractivity contribution in [1.82, 2.24) is 15.5 Å². The van der Waals surface area contributed by atoms with Crippen LogP contribution in [0.15, 0.2) is 0 Å². The number of alkyl carbamates (subject to hydrolysis) is 1. The summed E-state index contributed by atoms with van der Waals surface area (Å²) in [6, 6.07) is -0.138. The van der Waals surface area contributed by atoms with Crippen LogP contribution in [0, 0.1) is 0 Å². The van der Waals surface area contributed by atoms with Crippen LogP contribution in [0.4, 0.5) is 9.59 Å².